The maximum Gasteiger partial charge on any atom is 0.354 e. The SMILES string of the molecule is CCOC1CC(Nc2ccnc(C(=O)O)c2)C1. The van der Waals surface area contributed by atoms with E-state index in [-0.39, 0.29) is 5.69 Å². The average Bonchev–Trinajstić information content (AvgIpc) is 2.27. The molecule has 0 aliphatic heterocycles. The molecule has 1 aliphatic carbocycles. The highest BCUT2D eigenvalue weighted by Gasteiger charge is 2.29. The van der Waals surface area contributed by atoms with Crippen molar-refractivity contribution in [2.24, 2.45) is 0 Å². The monoisotopic (exact) mass is 236 g/mol. The van der Waals surface area contributed by atoms with E-state index in [1.165, 1.54) is 6.20 Å². The second-order valence-corrected chi connectivity index (χ2v) is 4.12. The highest BCUT2D eigenvalue weighted by atomic mass is 16.5. The third kappa shape index (κ3) is 2.94. The Kier molecular flexibility index (Phi) is 3.58. The molecule has 0 bridgehead atoms. The molecular weight excluding hydrogens is 220 g/mol. The van der Waals surface area contributed by atoms with E-state index >= 15 is 0 Å². The number of nitrogens with one attached hydrogen (secondary N) is 1. The van der Waals surface area contributed by atoms with Crippen LogP contribution in [0.3, 0.4) is 0 Å². The Bertz CT molecular complexity index is 402. The number of nitrogens with zero attached hydrogens (tertiary/aromatic N) is 1. The second-order valence-electron chi connectivity index (χ2n) is 4.12. The third-order valence-electron chi connectivity index (χ3n) is 2.85. The number of rotatable bonds is 5. The van der Waals surface area contributed by atoms with Gasteiger partial charge in [0, 0.05) is 24.5 Å². The minimum atomic E-state index is -1.01. The van der Waals surface area contributed by atoms with Crippen LogP contribution in [-0.2, 0) is 4.74 Å². The number of hydrogen-bond donors (Lipinski definition) is 2. The van der Waals surface area contributed by atoms with Gasteiger partial charge in [-0.2, -0.15) is 0 Å². The summed E-state index contributed by atoms with van der Waals surface area (Å²) in [4.78, 5) is 14.5. The number of aromatic nitrogens is 1. The minimum absolute atomic E-state index is 0.0654. The van der Waals surface area contributed by atoms with Crippen molar-refractivity contribution < 1.29 is 14.6 Å². The molecule has 2 N–H and O–H groups in total. The third-order valence-corrected chi connectivity index (χ3v) is 2.85. The van der Waals surface area contributed by atoms with Gasteiger partial charge >= 0.3 is 5.97 Å². The quantitative estimate of drug-likeness (QED) is 0.815. The first-order valence-electron chi connectivity index (χ1n) is 5.76. The predicted octanol–water partition coefficient (Wildman–Crippen LogP) is 1.76. The van der Waals surface area contributed by atoms with Crippen LogP contribution in [0, 0.1) is 0 Å². The summed E-state index contributed by atoms with van der Waals surface area (Å²) in [5, 5.41) is 12.1. The summed E-state index contributed by atoms with van der Waals surface area (Å²) < 4.78 is 5.46. The van der Waals surface area contributed by atoms with Gasteiger partial charge < -0.3 is 15.2 Å². The van der Waals surface area contributed by atoms with E-state index in [0.717, 1.165) is 25.1 Å². The van der Waals surface area contributed by atoms with E-state index in [1.54, 1.807) is 12.1 Å². The van der Waals surface area contributed by atoms with Crippen LogP contribution in [0.4, 0.5) is 5.69 Å². The Hall–Kier alpha value is -1.62. The number of ether oxygens (including phenoxy) is 1. The first-order valence-corrected chi connectivity index (χ1v) is 5.76. The van der Waals surface area contributed by atoms with Gasteiger partial charge in [0.1, 0.15) is 5.69 Å². The number of carboxylic acids is 1. The lowest BCUT2D eigenvalue weighted by Gasteiger charge is -2.36. The van der Waals surface area contributed by atoms with Gasteiger partial charge in [-0.15, -0.1) is 0 Å². The van der Waals surface area contributed by atoms with E-state index in [4.69, 9.17) is 9.84 Å². The minimum Gasteiger partial charge on any atom is -0.477 e. The topological polar surface area (TPSA) is 71.5 Å². The van der Waals surface area contributed by atoms with Gasteiger partial charge in [-0.05, 0) is 31.9 Å². The normalized spacial score (nSPS) is 22.9. The molecule has 5 nitrogen and oxygen atoms in total. The number of aromatic carboxylic acids is 1. The number of carbonyl (C=O) groups is 1. The molecule has 0 amide bonds. The van der Waals surface area contributed by atoms with Gasteiger partial charge in [-0.1, -0.05) is 0 Å². The van der Waals surface area contributed by atoms with Gasteiger partial charge in [-0.3, -0.25) is 0 Å². The van der Waals surface area contributed by atoms with Crippen LogP contribution in [0.15, 0.2) is 18.3 Å². The first-order chi connectivity index (χ1) is 8.19. The Morgan fingerprint density at radius 2 is 2.41 bits per heavy atom. The maximum absolute atomic E-state index is 10.7. The van der Waals surface area contributed by atoms with E-state index in [0.29, 0.717) is 12.1 Å². The van der Waals surface area contributed by atoms with Crippen molar-refractivity contribution in [3.63, 3.8) is 0 Å². The lowest BCUT2D eigenvalue weighted by molar-refractivity contribution is 0.00298. The van der Waals surface area contributed by atoms with Crippen molar-refractivity contribution in [2.45, 2.75) is 31.9 Å². The molecule has 1 aliphatic rings. The largest absolute Gasteiger partial charge is 0.477 e. The van der Waals surface area contributed by atoms with E-state index in [1.807, 2.05) is 6.92 Å². The molecule has 0 spiro atoms. The predicted molar refractivity (Wildman–Crippen MR) is 63.3 cm³/mol. The molecule has 0 radical (unpaired) electrons. The Morgan fingerprint density at radius 3 is 3.06 bits per heavy atom. The van der Waals surface area contributed by atoms with Crippen LogP contribution in [0.2, 0.25) is 0 Å². The number of carboxylic acid groups (broad SMARTS) is 1. The summed E-state index contributed by atoms with van der Waals surface area (Å²) in [6.07, 6.45) is 3.79. The van der Waals surface area contributed by atoms with Crippen LogP contribution >= 0.6 is 0 Å². The molecule has 1 fully saturated rings. The van der Waals surface area contributed by atoms with Crippen LogP contribution in [0.5, 0.6) is 0 Å². The summed E-state index contributed by atoms with van der Waals surface area (Å²) in [5.41, 5.74) is 0.869. The van der Waals surface area contributed by atoms with Gasteiger partial charge in [0.25, 0.3) is 0 Å². The zero-order valence-corrected chi connectivity index (χ0v) is 9.72. The number of hydrogen-bond acceptors (Lipinski definition) is 4. The van der Waals surface area contributed by atoms with Crippen molar-refractivity contribution in [3.8, 4) is 0 Å². The lowest BCUT2D eigenvalue weighted by Crippen LogP contribution is -2.40. The van der Waals surface area contributed by atoms with E-state index < -0.39 is 5.97 Å². The lowest BCUT2D eigenvalue weighted by atomic mass is 9.89. The Labute approximate surface area is 99.8 Å². The fourth-order valence-corrected chi connectivity index (χ4v) is 1.93. The molecule has 1 saturated carbocycles. The molecule has 17 heavy (non-hydrogen) atoms. The maximum atomic E-state index is 10.7. The fourth-order valence-electron chi connectivity index (χ4n) is 1.93. The standard InChI is InChI=1S/C12H16N2O3/c1-2-17-10-5-9(6-10)14-8-3-4-13-11(7-8)12(15)16/h3-4,7,9-10H,2,5-6H2,1H3,(H,13,14)(H,15,16). The molecular formula is C12H16N2O3. The van der Waals surface area contributed by atoms with Gasteiger partial charge in [0.2, 0.25) is 0 Å². The highest BCUT2D eigenvalue weighted by molar-refractivity contribution is 5.86. The smallest absolute Gasteiger partial charge is 0.354 e. The molecule has 1 aromatic heterocycles. The molecule has 5 heteroatoms. The van der Waals surface area contributed by atoms with Crippen molar-refractivity contribution >= 4 is 11.7 Å². The van der Waals surface area contributed by atoms with Crippen molar-refractivity contribution in [3.05, 3.63) is 24.0 Å². The molecule has 0 aromatic carbocycles. The summed E-state index contributed by atoms with van der Waals surface area (Å²) in [7, 11) is 0. The van der Waals surface area contributed by atoms with E-state index in [2.05, 4.69) is 10.3 Å². The van der Waals surface area contributed by atoms with Crippen LogP contribution in [0.25, 0.3) is 0 Å². The van der Waals surface area contributed by atoms with Crippen LogP contribution in [0.1, 0.15) is 30.3 Å². The first kappa shape index (κ1) is 11.9. The van der Waals surface area contributed by atoms with Gasteiger partial charge in [-0.25, -0.2) is 9.78 Å². The zero-order chi connectivity index (χ0) is 12.3. The zero-order valence-electron chi connectivity index (χ0n) is 9.72. The summed E-state index contributed by atoms with van der Waals surface area (Å²) in [6.45, 7) is 2.73. The fraction of sp³-hybridized carbons (Fsp3) is 0.500. The molecule has 0 atom stereocenters. The Morgan fingerprint density at radius 1 is 1.65 bits per heavy atom. The molecule has 0 saturated heterocycles. The van der Waals surface area contributed by atoms with Gasteiger partial charge in [0.15, 0.2) is 0 Å². The molecule has 0 unspecified atom stereocenters. The number of anilines is 1. The summed E-state index contributed by atoms with van der Waals surface area (Å²) >= 11 is 0. The average molecular weight is 236 g/mol. The molecule has 2 rings (SSSR count). The molecule has 1 aromatic rings. The molecule has 1 heterocycles. The second kappa shape index (κ2) is 5.14. The van der Waals surface area contributed by atoms with E-state index in [9.17, 15) is 4.79 Å². The van der Waals surface area contributed by atoms with Gasteiger partial charge in [0.05, 0.1) is 6.10 Å². The highest BCUT2D eigenvalue weighted by Crippen LogP contribution is 2.26. The summed E-state index contributed by atoms with van der Waals surface area (Å²) in [6, 6.07) is 3.70. The molecule has 92 valence electrons. The van der Waals surface area contributed by atoms with Crippen LogP contribution < -0.4 is 5.32 Å². The van der Waals surface area contributed by atoms with Crippen molar-refractivity contribution in [1.29, 1.82) is 0 Å². The van der Waals surface area contributed by atoms with Crippen LogP contribution in [-0.4, -0.2) is 34.8 Å². The number of pyridine rings is 1. The van der Waals surface area contributed by atoms with Crippen molar-refractivity contribution in [1.82, 2.24) is 4.98 Å². The Balaban J connectivity index is 1.88. The van der Waals surface area contributed by atoms with Crippen molar-refractivity contribution in [2.75, 3.05) is 11.9 Å². The summed E-state index contributed by atoms with van der Waals surface area (Å²) in [5.74, 6) is -1.01.